The minimum Gasteiger partial charge on any atom is -0.370 e. The molecule has 29 heavy (non-hydrogen) atoms. The van der Waals surface area contributed by atoms with Crippen LogP contribution in [-0.2, 0) is 9.84 Å². The van der Waals surface area contributed by atoms with Crippen LogP contribution in [0.15, 0.2) is 52.4 Å². The molecular weight excluding hydrogens is 418 g/mol. The fraction of sp³-hybridized carbons (Fsp3) is 0.286. The number of hydrogen-bond acceptors (Lipinski definition) is 4. The van der Waals surface area contributed by atoms with Gasteiger partial charge < -0.3 is 4.90 Å². The minimum atomic E-state index is -4.12. The molecule has 0 radical (unpaired) electrons. The van der Waals surface area contributed by atoms with Crippen molar-refractivity contribution in [2.75, 3.05) is 18.0 Å². The lowest BCUT2D eigenvalue weighted by Gasteiger charge is -2.34. The average molecular weight is 437 g/mol. The Morgan fingerprint density at radius 2 is 1.79 bits per heavy atom. The molecule has 1 fully saturated rings. The van der Waals surface area contributed by atoms with Gasteiger partial charge in [0, 0.05) is 29.7 Å². The van der Waals surface area contributed by atoms with E-state index in [1.54, 1.807) is 18.2 Å². The lowest BCUT2D eigenvalue weighted by molar-refractivity contribution is 0.437. The monoisotopic (exact) mass is 436 g/mol. The van der Waals surface area contributed by atoms with Crippen molar-refractivity contribution in [3.8, 4) is 0 Å². The summed E-state index contributed by atoms with van der Waals surface area (Å²) in [4.78, 5) is 5.99. The Morgan fingerprint density at radius 3 is 2.48 bits per heavy atom. The highest BCUT2D eigenvalue weighted by molar-refractivity contribution is 7.91. The Hall–Kier alpha value is -2.25. The fourth-order valence-electron chi connectivity index (χ4n) is 3.66. The molecule has 152 valence electrons. The molecule has 0 unspecified atom stereocenters. The van der Waals surface area contributed by atoms with Crippen LogP contribution in [-0.4, -0.2) is 26.5 Å². The van der Waals surface area contributed by atoms with Gasteiger partial charge in [-0.05, 0) is 55.2 Å². The van der Waals surface area contributed by atoms with E-state index in [9.17, 15) is 17.2 Å². The molecule has 0 N–H and O–H groups in total. The molecule has 4 rings (SSSR count). The number of piperidine rings is 1. The smallest absolute Gasteiger partial charge is 0.210 e. The zero-order valence-corrected chi connectivity index (χ0v) is 17.3. The zero-order chi connectivity index (χ0) is 20.8. The van der Waals surface area contributed by atoms with Crippen LogP contribution in [0.1, 0.15) is 19.8 Å². The maximum atomic E-state index is 13.7. The first-order chi connectivity index (χ1) is 13.8. The molecule has 8 heteroatoms. The Morgan fingerprint density at radius 1 is 1.07 bits per heavy atom. The number of fused-ring (bicyclic) bond motifs is 1. The van der Waals surface area contributed by atoms with Gasteiger partial charge in [-0.1, -0.05) is 18.5 Å². The summed E-state index contributed by atoms with van der Waals surface area (Å²) in [6.45, 7) is 3.56. The Labute approximate surface area is 173 Å². The molecule has 0 saturated carbocycles. The van der Waals surface area contributed by atoms with Crippen LogP contribution in [0, 0.1) is 17.6 Å². The number of aromatic nitrogens is 1. The molecule has 3 aromatic rings. The van der Waals surface area contributed by atoms with Crippen molar-refractivity contribution in [3.05, 3.63) is 59.3 Å². The second-order valence-electron chi connectivity index (χ2n) is 7.38. The molecule has 0 atom stereocenters. The van der Waals surface area contributed by atoms with Crippen LogP contribution < -0.4 is 4.90 Å². The van der Waals surface area contributed by atoms with E-state index in [0.717, 1.165) is 25.0 Å². The lowest BCUT2D eigenvalue weighted by Crippen LogP contribution is -2.34. The van der Waals surface area contributed by atoms with E-state index in [2.05, 4.69) is 11.9 Å². The fourth-order valence-corrected chi connectivity index (χ4v) is 5.27. The molecule has 1 saturated heterocycles. The zero-order valence-electron chi connectivity index (χ0n) is 15.7. The van der Waals surface area contributed by atoms with Gasteiger partial charge in [0.15, 0.2) is 11.6 Å². The molecule has 4 nitrogen and oxygen atoms in total. The van der Waals surface area contributed by atoms with Gasteiger partial charge in [-0.25, -0.2) is 17.2 Å². The van der Waals surface area contributed by atoms with Crippen molar-refractivity contribution < 1.29 is 17.2 Å². The molecule has 0 amide bonds. The molecule has 2 aromatic carbocycles. The number of anilines is 1. The predicted molar refractivity (Wildman–Crippen MR) is 109 cm³/mol. The first-order valence-corrected chi connectivity index (χ1v) is 11.2. The first-order valence-electron chi connectivity index (χ1n) is 9.30. The van der Waals surface area contributed by atoms with Gasteiger partial charge in [0.05, 0.1) is 16.1 Å². The van der Waals surface area contributed by atoms with Crippen molar-refractivity contribution in [2.24, 2.45) is 5.92 Å². The molecule has 0 aliphatic carbocycles. The lowest BCUT2D eigenvalue weighted by atomic mass is 9.98. The van der Waals surface area contributed by atoms with Gasteiger partial charge in [0.2, 0.25) is 9.84 Å². The van der Waals surface area contributed by atoms with Crippen molar-refractivity contribution >= 4 is 38.0 Å². The van der Waals surface area contributed by atoms with Gasteiger partial charge in [0.1, 0.15) is 4.90 Å². The van der Waals surface area contributed by atoms with Crippen molar-refractivity contribution in [1.29, 1.82) is 0 Å². The number of hydrogen-bond donors (Lipinski definition) is 0. The van der Waals surface area contributed by atoms with Crippen LogP contribution >= 0.6 is 11.6 Å². The van der Waals surface area contributed by atoms with E-state index < -0.39 is 21.5 Å². The SMILES string of the molecule is CC1CCN(c2c(S(=O)(=O)c3ccc(F)c(F)c3)cnc3cc(Cl)ccc23)CC1. The number of pyridine rings is 1. The molecule has 0 spiro atoms. The standard InChI is InChI=1S/C21H19ClF2N2O2S/c1-13-6-8-26(9-7-13)21-16-4-2-14(22)10-19(16)25-12-20(21)29(27,28)15-3-5-17(23)18(24)11-15/h2-5,10-13H,6-9H2,1H3. The Bertz CT molecular complexity index is 1190. The maximum absolute atomic E-state index is 13.7. The molecule has 1 aliphatic rings. The van der Waals surface area contributed by atoms with E-state index in [1.165, 1.54) is 6.20 Å². The number of nitrogens with zero attached hydrogens (tertiary/aromatic N) is 2. The van der Waals surface area contributed by atoms with Crippen molar-refractivity contribution in [2.45, 2.75) is 29.6 Å². The number of sulfone groups is 1. The molecule has 1 aliphatic heterocycles. The number of benzene rings is 2. The quantitative estimate of drug-likeness (QED) is 0.527. The number of halogens is 3. The predicted octanol–water partition coefficient (Wildman–Crippen LogP) is 5.24. The highest BCUT2D eigenvalue weighted by Crippen LogP contribution is 2.38. The summed E-state index contributed by atoms with van der Waals surface area (Å²) in [7, 11) is -4.12. The molecule has 2 heterocycles. The summed E-state index contributed by atoms with van der Waals surface area (Å²) in [5, 5.41) is 1.16. The first kappa shape index (κ1) is 20.0. The summed E-state index contributed by atoms with van der Waals surface area (Å²) in [5.74, 6) is -1.75. The van der Waals surface area contributed by atoms with Crippen molar-refractivity contribution in [3.63, 3.8) is 0 Å². The molecule has 0 bridgehead atoms. The van der Waals surface area contributed by atoms with Gasteiger partial charge in [-0.15, -0.1) is 0 Å². The second kappa shape index (κ2) is 7.54. The van der Waals surface area contributed by atoms with Crippen LogP contribution in [0.25, 0.3) is 10.9 Å². The van der Waals surface area contributed by atoms with Crippen LogP contribution in [0.4, 0.5) is 14.5 Å². The third-order valence-electron chi connectivity index (χ3n) is 5.36. The van der Waals surface area contributed by atoms with E-state index in [0.29, 0.717) is 46.7 Å². The third-order valence-corrected chi connectivity index (χ3v) is 7.35. The van der Waals surface area contributed by atoms with Crippen molar-refractivity contribution in [1.82, 2.24) is 4.98 Å². The van der Waals surface area contributed by atoms with Crippen LogP contribution in [0.3, 0.4) is 0 Å². The second-order valence-corrected chi connectivity index (χ2v) is 9.74. The summed E-state index contributed by atoms with van der Waals surface area (Å²) in [6, 6.07) is 7.72. The molecular formula is C21H19ClF2N2O2S. The van der Waals surface area contributed by atoms with Gasteiger partial charge in [0.25, 0.3) is 0 Å². The average Bonchev–Trinajstić information content (AvgIpc) is 2.69. The Kier molecular flexibility index (Phi) is 5.21. The minimum absolute atomic E-state index is 0.0205. The topological polar surface area (TPSA) is 50.3 Å². The Balaban J connectivity index is 1.94. The van der Waals surface area contributed by atoms with E-state index >= 15 is 0 Å². The van der Waals surface area contributed by atoms with Gasteiger partial charge in [-0.2, -0.15) is 0 Å². The summed E-state index contributed by atoms with van der Waals surface area (Å²) < 4.78 is 53.8. The highest BCUT2D eigenvalue weighted by Gasteiger charge is 2.29. The third kappa shape index (κ3) is 3.69. The van der Waals surface area contributed by atoms with E-state index in [-0.39, 0.29) is 9.79 Å². The summed E-state index contributed by atoms with van der Waals surface area (Å²) in [5.41, 5.74) is 1.11. The van der Waals surface area contributed by atoms with Gasteiger partial charge in [-0.3, -0.25) is 4.98 Å². The highest BCUT2D eigenvalue weighted by atomic mass is 35.5. The normalized spacial score (nSPS) is 15.8. The van der Waals surface area contributed by atoms with Crippen LogP contribution in [0.2, 0.25) is 5.02 Å². The van der Waals surface area contributed by atoms with Gasteiger partial charge >= 0.3 is 0 Å². The molecule has 1 aromatic heterocycles. The summed E-state index contributed by atoms with van der Waals surface area (Å²) in [6.07, 6.45) is 3.15. The van der Waals surface area contributed by atoms with E-state index in [4.69, 9.17) is 11.6 Å². The van der Waals surface area contributed by atoms with E-state index in [1.807, 2.05) is 4.90 Å². The largest absolute Gasteiger partial charge is 0.370 e. The number of rotatable bonds is 3. The maximum Gasteiger partial charge on any atom is 0.210 e. The summed E-state index contributed by atoms with van der Waals surface area (Å²) >= 11 is 6.08. The van der Waals surface area contributed by atoms with Crippen LogP contribution in [0.5, 0.6) is 0 Å².